The van der Waals surface area contributed by atoms with Crippen molar-refractivity contribution < 1.29 is 19.4 Å². The van der Waals surface area contributed by atoms with Crippen molar-refractivity contribution in [2.45, 2.75) is 31.6 Å². The fourth-order valence-corrected chi connectivity index (χ4v) is 3.92. The molecule has 0 spiro atoms. The summed E-state index contributed by atoms with van der Waals surface area (Å²) in [7, 11) is 0. The van der Waals surface area contributed by atoms with E-state index in [1.165, 1.54) is 0 Å². The Hall–Kier alpha value is -1.79. The minimum atomic E-state index is -0.857. The summed E-state index contributed by atoms with van der Waals surface area (Å²) in [5.74, 6) is -0.852. The zero-order chi connectivity index (χ0) is 18.8. The van der Waals surface area contributed by atoms with Crippen LogP contribution >= 0.6 is 11.6 Å². The number of carbonyl (C=O) groups excluding carboxylic acids is 1. The van der Waals surface area contributed by atoms with Gasteiger partial charge in [-0.25, -0.2) is 4.79 Å². The molecule has 0 aliphatic carbocycles. The van der Waals surface area contributed by atoms with E-state index in [2.05, 4.69) is 5.32 Å². The van der Waals surface area contributed by atoms with Crippen LogP contribution in [0.1, 0.15) is 31.7 Å². The molecule has 26 heavy (non-hydrogen) atoms. The predicted molar refractivity (Wildman–Crippen MR) is 98.5 cm³/mol. The molecule has 142 valence electrons. The van der Waals surface area contributed by atoms with Gasteiger partial charge >= 0.3 is 12.0 Å². The molecule has 2 heterocycles. The monoisotopic (exact) mass is 380 g/mol. The average molecular weight is 381 g/mol. The molecule has 2 aliphatic heterocycles. The van der Waals surface area contributed by atoms with Crippen molar-refractivity contribution >= 4 is 23.6 Å². The molecule has 3 rings (SSSR count). The first-order chi connectivity index (χ1) is 12.3. The van der Waals surface area contributed by atoms with Crippen LogP contribution in [0.4, 0.5) is 4.79 Å². The first-order valence-corrected chi connectivity index (χ1v) is 9.32. The molecular formula is C19H25ClN2O4. The van der Waals surface area contributed by atoms with E-state index in [1.54, 1.807) is 11.8 Å². The summed E-state index contributed by atoms with van der Waals surface area (Å²) in [6, 6.07) is 7.56. The number of aliphatic carboxylic acids is 1. The number of urea groups is 1. The third kappa shape index (κ3) is 3.81. The quantitative estimate of drug-likeness (QED) is 0.841. The number of hydrogen-bond acceptors (Lipinski definition) is 3. The smallest absolute Gasteiger partial charge is 0.317 e. The number of amides is 2. The van der Waals surface area contributed by atoms with Gasteiger partial charge in [0.25, 0.3) is 0 Å². The predicted octanol–water partition coefficient (Wildman–Crippen LogP) is 2.89. The number of nitrogens with one attached hydrogen (secondary N) is 1. The van der Waals surface area contributed by atoms with Gasteiger partial charge < -0.3 is 20.1 Å². The van der Waals surface area contributed by atoms with Gasteiger partial charge in [0, 0.05) is 43.3 Å². The molecule has 1 atom stereocenters. The lowest BCUT2D eigenvalue weighted by Crippen LogP contribution is -2.48. The van der Waals surface area contributed by atoms with Gasteiger partial charge in [-0.05, 0) is 43.9 Å². The van der Waals surface area contributed by atoms with E-state index in [-0.39, 0.29) is 18.0 Å². The standard InChI is InChI=1S/C19H25ClN2O4/c1-18(16(23)24)6-9-22(13-18)17(25)21-12-19(7-10-26-11-8-19)14-2-4-15(20)5-3-14/h2-5H,6-13H2,1H3,(H,21,25)(H,23,24). The van der Waals surface area contributed by atoms with Crippen molar-refractivity contribution in [3.8, 4) is 0 Å². The first kappa shape index (κ1) is 19.0. The fraction of sp³-hybridized carbons (Fsp3) is 0.579. The third-order valence-electron chi connectivity index (χ3n) is 5.76. The van der Waals surface area contributed by atoms with Crippen LogP contribution in [0.2, 0.25) is 5.02 Å². The van der Waals surface area contributed by atoms with Gasteiger partial charge in [0.2, 0.25) is 0 Å². The van der Waals surface area contributed by atoms with Gasteiger partial charge in [0.15, 0.2) is 0 Å². The zero-order valence-corrected chi connectivity index (χ0v) is 15.7. The Kier molecular flexibility index (Phi) is 5.44. The molecule has 2 N–H and O–H groups in total. The van der Waals surface area contributed by atoms with E-state index < -0.39 is 11.4 Å². The summed E-state index contributed by atoms with van der Waals surface area (Å²) in [6.45, 7) is 4.20. The van der Waals surface area contributed by atoms with Gasteiger partial charge in [0.05, 0.1) is 5.41 Å². The summed E-state index contributed by atoms with van der Waals surface area (Å²) < 4.78 is 5.52. The topological polar surface area (TPSA) is 78.9 Å². The van der Waals surface area contributed by atoms with Crippen LogP contribution in [-0.2, 0) is 14.9 Å². The molecule has 1 aromatic carbocycles. The Balaban J connectivity index is 1.68. The Morgan fingerprint density at radius 2 is 1.88 bits per heavy atom. The number of carboxylic acids is 1. The second-order valence-corrected chi connectivity index (χ2v) is 8.03. The number of rotatable bonds is 4. The van der Waals surface area contributed by atoms with Crippen LogP contribution in [0.15, 0.2) is 24.3 Å². The van der Waals surface area contributed by atoms with Gasteiger partial charge in [-0.15, -0.1) is 0 Å². The number of carboxylic acid groups (broad SMARTS) is 1. The largest absolute Gasteiger partial charge is 0.481 e. The minimum absolute atomic E-state index is 0.186. The van der Waals surface area contributed by atoms with Crippen LogP contribution in [0.3, 0.4) is 0 Å². The van der Waals surface area contributed by atoms with Crippen molar-refractivity contribution in [1.29, 1.82) is 0 Å². The van der Waals surface area contributed by atoms with Gasteiger partial charge in [-0.3, -0.25) is 4.79 Å². The lowest BCUT2D eigenvalue weighted by molar-refractivity contribution is -0.147. The molecule has 1 aromatic rings. The molecular weight excluding hydrogens is 356 g/mol. The lowest BCUT2D eigenvalue weighted by Gasteiger charge is -2.38. The van der Waals surface area contributed by atoms with Crippen LogP contribution in [0.5, 0.6) is 0 Å². The Labute approximate surface area is 158 Å². The maximum absolute atomic E-state index is 12.6. The molecule has 2 saturated heterocycles. The number of carbonyl (C=O) groups is 2. The van der Waals surface area contributed by atoms with Crippen molar-refractivity contribution in [2.75, 3.05) is 32.8 Å². The van der Waals surface area contributed by atoms with E-state index in [4.69, 9.17) is 16.3 Å². The molecule has 0 bridgehead atoms. The summed E-state index contributed by atoms with van der Waals surface area (Å²) >= 11 is 6.01. The highest BCUT2D eigenvalue weighted by Gasteiger charge is 2.43. The molecule has 0 radical (unpaired) electrons. The van der Waals surface area contributed by atoms with Crippen LogP contribution in [0.25, 0.3) is 0 Å². The van der Waals surface area contributed by atoms with Gasteiger partial charge in [0.1, 0.15) is 0 Å². The number of benzene rings is 1. The maximum atomic E-state index is 12.6. The van der Waals surface area contributed by atoms with Crippen molar-refractivity contribution in [3.63, 3.8) is 0 Å². The maximum Gasteiger partial charge on any atom is 0.317 e. The van der Waals surface area contributed by atoms with Gasteiger partial charge in [-0.1, -0.05) is 23.7 Å². The zero-order valence-electron chi connectivity index (χ0n) is 15.0. The van der Waals surface area contributed by atoms with Crippen molar-refractivity contribution in [2.24, 2.45) is 5.41 Å². The Morgan fingerprint density at radius 1 is 1.23 bits per heavy atom. The highest BCUT2D eigenvalue weighted by Crippen LogP contribution is 2.35. The summed E-state index contributed by atoms with van der Waals surface area (Å²) in [6.07, 6.45) is 2.12. The van der Waals surface area contributed by atoms with Crippen LogP contribution in [-0.4, -0.2) is 54.9 Å². The first-order valence-electron chi connectivity index (χ1n) is 8.95. The van der Waals surface area contributed by atoms with E-state index in [1.807, 2.05) is 24.3 Å². The van der Waals surface area contributed by atoms with Crippen molar-refractivity contribution in [3.05, 3.63) is 34.9 Å². The summed E-state index contributed by atoms with van der Waals surface area (Å²) in [5, 5.41) is 13.1. The number of hydrogen-bond donors (Lipinski definition) is 2. The van der Waals surface area contributed by atoms with Gasteiger partial charge in [-0.2, -0.15) is 0 Å². The second-order valence-electron chi connectivity index (χ2n) is 7.60. The van der Waals surface area contributed by atoms with Crippen molar-refractivity contribution in [1.82, 2.24) is 10.2 Å². The molecule has 2 fully saturated rings. The fourth-order valence-electron chi connectivity index (χ4n) is 3.80. The van der Waals surface area contributed by atoms with E-state index in [9.17, 15) is 14.7 Å². The number of nitrogens with zero attached hydrogens (tertiary/aromatic N) is 1. The molecule has 0 saturated carbocycles. The molecule has 7 heteroatoms. The minimum Gasteiger partial charge on any atom is -0.481 e. The molecule has 1 unspecified atom stereocenters. The molecule has 2 amide bonds. The lowest BCUT2D eigenvalue weighted by atomic mass is 9.74. The second kappa shape index (κ2) is 7.45. The number of likely N-dealkylation sites (tertiary alicyclic amines) is 1. The summed E-state index contributed by atoms with van der Waals surface area (Å²) in [4.78, 5) is 25.6. The summed E-state index contributed by atoms with van der Waals surface area (Å²) in [5.41, 5.74) is 0.0976. The average Bonchev–Trinajstić information content (AvgIpc) is 3.05. The molecule has 0 aromatic heterocycles. The normalized spacial score (nSPS) is 25.1. The van der Waals surface area contributed by atoms with E-state index in [0.29, 0.717) is 37.7 Å². The van der Waals surface area contributed by atoms with E-state index in [0.717, 1.165) is 18.4 Å². The Morgan fingerprint density at radius 3 is 2.46 bits per heavy atom. The Bertz CT molecular complexity index is 673. The SMILES string of the molecule is CC1(C(=O)O)CCN(C(=O)NCC2(c3ccc(Cl)cc3)CCOCC2)C1. The highest BCUT2D eigenvalue weighted by atomic mass is 35.5. The van der Waals surface area contributed by atoms with Crippen LogP contribution < -0.4 is 5.32 Å². The molecule has 2 aliphatic rings. The third-order valence-corrected chi connectivity index (χ3v) is 6.01. The number of halogens is 1. The van der Waals surface area contributed by atoms with E-state index >= 15 is 0 Å². The molecule has 6 nitrogen and oxygen atoms in total. The van der Waals surface area contributed by atoms with Crippen LogP contribution in [0, 0.1) is 5.41 Å². The number of ether oxygens (including phenoxy) is 1. The highest BCUT2D eigenvalue weighted by molar-refractivity contribution is 6.30.